The van der Waals surface area contributed by atoms with E-state index in [0.29, 0.717) is 6.04 Å². The third kappa shape index (κ3) is 5.89. The quantitative estimate of drug-likeness (QED) is 0.587. The fourth-order valence-electron chi connectivity index (χ4n) is 2.36. The third-order valence-electron chi connectivity index (χ3n) is 3.72. The Morgan fingerprint density at radius 3 is 1.81 bits per heavy atom. The van der Waals surface area contributed by atoms with E-state index < -0.39 is 0 Å². The molecule has 1 heteroatoms. The molecule has 0 aromatic heterocycles. The molecular formula is C15H33N. The zero-order valence-electron chi connectivity index (χ0n) is 12.6. The molecule has 0 radical (unpaired) electrons. The van der Waals surface area contributed by atoms with Crippen molar-refractivity contribution in [1.82, 2.24) is 4.90 Å². The average molecular weight is 227 g/mol. The molecule has 2 unspecified atom stereocenters. The molecule has 1 nitrogen and oxygen atoms in total. The molecule has 0 saturated carbocycles. The second-order valence-electron chi connectivity index (χ2n) is 6.02. The standard InChI is InChI=1S/C15H33N/c1-8-9-14(6)15(7)16(13(4)5)11-10-12(2)3/h12-15H,8-11H2,1-7H3. The van der Waals surface area contributed by atoms with Crippen LogP contribution in [-0.2, 0) is 0 Å². The van der Waals surface area contributed by atoms with E-state index in [1.807, 2.05) is 0 Å². The van der Waals surface area contributed by atoms with E-state index in [9.17, 15) is 0 Å². The molecule has 0 aromatic rings. The molecule has 2 atom stereocenters. The van der Waals surface area contributed by atoms with Crippen LogP contribution in [0.4, 0.5) is 0 Å². The molecule has 0 fully saturated rings. The molecule has 0 rings (SSSR count). The van der Waals surface area contributed by atoms with E-state index in [-0.39, 0.29) is 0 Å². The molecule has 0 bridgehead atoms. The molecule has 16 heavy (non-hydrogen) atoms. The van der Waals surface area contributed by atoms with Gasteiger partial charge in [-0.2, -0.15) is 0 Å². The highest BCUT2D eigenvalue weighted by atomic mass is 15.2. The lowest BCUT2D eigenvalue weighted by Crippen LogP contribution is -2.43. The van der Waals surface area contributed by atoms with Gasteiger partial charge in [-0.1, -0.05) is 34.1 Å². The minimum absolute atomic E-state index is 0.674. The Morgan fingerprint density at radius 2 is 1.44 bits per heavy atom. The minimum Gasteiger partial charge on any atom is -0.298 e. The molecule has 0 amide bonds. The van der Waals surface area contributed by atoms with Gasteiger partial charge >= 0.3 is 0 Å². The Bertz CT molecular complexity index is 163. The summed E-state index contributed by atoms with van der Waals surface area (Å²) >= 11 is 0. The van der Waals surface area contributed by atoms with E-state index >= 15 is 0 Å². The number of nitrogens with zero attached hydrogens (tertiary/aromatic N) is 1. The molecule has 0 aliphatic carbocycles. The van der Waals surface area contributed by atoms with E-state index in [1.165, 1.54) is 25.8 Å². The summed E-state index contributed by atoms with van der Waals surface area (Å²) in [6, 6.07) is 1.40. The molecule has 0 heterocycles. The minimum atomic E-state index is 0.674. The lowest BCUT2D eigenvalue weighted by atomic mass is 9.95. The molecule has 0 aromatic carbocycles. The molecular weight excluding hydrogens is 194 g/mol. The van der Waals surface area contributed by atoms with Crippen molar-refractivity contribution in [2.75, 3.05) is 6.54 Å². The molecule has 98 valence electrons. The van der Waals surface area contributed by atoms with Gasteiger partial charge in [0.25, 0.3) is 0 Å². The van der Waals surface area contributed by atoms with Crippen molar-refractivity contribution in [3.05, 3.63) is 0 Å². The van der Waals surface area contributed by atoms with Gasteiger partial charge in [0.15, 0.2) is 0 Å². The Kier molecular flexibility index (Phi) is 8.09. The number of hydrogen-bond acceptors (Lipinski definition) is 1. The van der Waals surface area contributed by atoms with E-state index in [1.54, 1.807) is 0 Å². The molecule has 0 spiro atoms. The van der Waals surface area contributed by atoms with E-state index in [0.717, 1.165) is 17.9 Å². The maximum Gasteiger partial charge on any atom is 0.00952 e. The zero-order chi connectivity index (χ0) is 12.7. The van der Waals surface area contributed by atoms with Gasteiger partial charge in [-0.25, -0.2) is 0 Å². The maximum atomic E-state index is 2.68. The summed E-state index contributed by atoms with van der Waals surface area (Å²) in [7, 11) is 0. The maximum absolute atomic E-state index is 2.68. The van der Waals surface area contributed by atoms with Crippen LogP contribution in [0.3, 0.4) is 0 Å². The van der Waals surface area contributed by atoms with Crippen LogP contribution in [0.5, 0.6) is 0 Å². The van der Waals surface area contributed by atoms with E-state index in [4.69, 9.17) is 0 Å². The Hall–Kier alpha value is -0.0400. The largest absolute Gasteiger partial charge is 0.298 e. The zero-order valence-corrected chi connectivity index (χ0v) is 12.6. The van der Waals surface area contributed by atoms with Gasteiger partial charge in [0, 0.05) is 12.1 Å². The fourth-order valence-corrected chi connectivity index (χ4v) is 2.36. The first-order chi connectivity index (χ1) is 7.40. The lowest BCUT2D eigenvalue weighted by molar-refractivity contribution is 0.114. The second kappa shape index (κ2) is 8.11. The predicted octanol–water partition coefficient (Wildman–Crippen LogP) is 4.57. The SMILES string of the molecule is CCCC(C)C(C)N(CCC(C)C)C(C)C. The predicted molar refractivity (Wildman–Crippen MR) is 74.8 cm³/mol. The Balaban J connectivity index is 4.28. The topological polar surface area (TPSA) is 3.24 Å². The number of rotatable bonds is 8. The summed E-state index contributed by atoms with van der Waals surface area (Å²) in [5, 5.41) is 0. The van der Waals surface area contributed by atoms with Crippen molar-refractivity contribution in [1.29, 1.82) is 0 Å². The van der Waals surface area contributed by atoms with Crippen LogP contribution in [0.2, 0.25) is 0 Å². The first-order valence-corrected chi connectivity index (χ1v) is 7.15. The first-order valence-electron chi connectivity index (χ1n) is 7.15. The van der Waals surface area contributed by atoms with Crippen LogP contribution in [0.1, 0.15) is 67.7 Å². The Morgan fingerprint density at radius 1 is 0.875 bits per heavy atom. The van der Waals surface area contributed by atoms with Crippen molar-refractivity contribution >= 4 is 0 Å². The molecule has 0 aliphatic rings. The summed E-state index contributed by atoms with van der Waals surface area (Å²) < 4.78 is 0. The summed E-state index contributed by atoms with van der Waals surface area (Å²) in [4.78, 5) is 2.68. The highest BCUT2D eigenvalue weighted by Gasteiger charge is 2.21. The van der Waals surface area contributed by atoms with Crippen LogP contribution < -0.4 is 0 Å². The van der Waals surface area contributed by atoms with Gasteiger partial charge in [0.05, 0.1) is 0 Å². The van der Waals surface area contributed by atoms with Crippen molar-refractivity contribution < 1.29 is 0 Å². The summed E-state index contributed by atoms with van der Waals surface area (Å²) in [6.07, 6.45) is 3.98. The van der Waals surface area contributed by atoms with Crippen LogP contribution in [-0.4, -0.2) is 23.5 Å². The monoisotopic (exact) mass is 227 g/mol. The second-order valence-corrected chi connectivity index (χ2v) is 6.02. The van der Waals surface area contributed by atoms with Gasteiger partial charge in [-0.15, -0.1) is 0 Å². The first kappa shape index (κ1) is 16.0. The van der Waals surface area contributed by atoms with Gasteiger partial charge in [-0.3, -0.25) is 4.90 Å². The molecule has 0 N–H and O–H groups in total. The van der Waals surface area contributed by atoms with Crippen LogP contribution in [0.15, 0.2) is 0 Å². The van der Waals surface area contributed by atoms with Crippen LogP contribution in [0, 0.1) is 11.8 Å². The fraction of sp³-hybridized carbons (Fsp3) is 1.00. The average Bonchev–Trinajstić information content (AvgIpc) is 2.17. The molecule has 0 saturated heterocycles. The van der Waals surface area contributed by atoms with Crippen molar-refractivity contribution in [2.45, 2.75) is 79.8 Å². The highest BCUT2D eigenvalue weighted by molar-refractivity contribution is 4.76. The van der Waals surface area contributed by atoms with E-state index in [2.05, 4.69) is 53.4 Å². The van der Waals surface area contributed by atoms with Gasteiger partial charge in [0.2, 0.25) is 0 Å². The van der Waals surface area contributed by atoms with Crippen LogP contribution in [0.25, 0.3) is 0 Å². The van der Waals surface area contributed by atoms with Crippen LogP contribution >= 0.6 is 0 Å². The third-order valence-corrected chi connectivity index (χ3v) is 3.72. The number of hydrogen-bond donors (Lipinski definition) is 0. The Labute approximate surface area is 104 Å². The summed E-state index contributed by atoms with van der Waals surface area (Å²) in [6.45, 7) is 17.6. The smallest absolute Gasteiger partial charge is 0.00952 e. The van der Waals surface area contributed by atoms with Gasteiger partial charge in [-0.05, 0) is 52.0 Å². The lowest BCUT2D eigenvalue weighted by Gasteiger charge is -2.36. The van der Waals surface area contributed by atoms with Gasteiger partial charge in [0.1, 0.15) is 0 Å². The van der Waals surface area contributed by atoms with Gasteiger partial charge < -0.3 is 0 Å². The molecule has 0 aliphatic heterocycles. The van der Waals surface area contributed by atoms with Crippen molar-refractivity contribution in [3.8, 4) is 0 Å². The van der Waals surface area contributed by atoms with Crippen molar-refractivity contribution in [2.24, 2.45) is 11.8 Å². The summed E-state index contributed by atoms with van der Waals surface area (Å²) in [5.74, 6) is 1.63. The summed E-state index contributed by atoms with van der Waals surface area (Å²) in [5.41, 5.74) is 0. The van der Waals surface area contributed by atoms with Crippen molar-refractivity contribution in [3.63, 3.8) is 0 Å². The highest BCUT2D eigenvalue weighted by Crippen LogP contribution is 2.19. The normalized spacial score (nSPS) is 16.1.